The Labute approximate surface area is 135 Å². The van der Waals surface area contributed by atoms with Gasteiger partial charge in [-0.15, -0.1) is 0 Å². The second-order valence-corrected chi connectivity index (χ2v) is 6.82. The van der Waals surface area contributed by atoms with Crippen LogP contribution in [0.2, 0.25) is 5.02 Å². The molecule has 0 aromatic heterocycles. The van der Waals surface area contributed by atoms with Gasteiger partial charge in [-0.1, -0.05) is 18.5 Å². The van der Waals surface area contributed by atoms with Crippen LogP contribution < -0.4 is 15.4 Å². The Morgan fingerprint density at radius 2 is 2.18 bits per heavy atom. The van der Waals surface area contributed by atoms with E-state index in [1.807, 2.05) is 18.2 Å². The molecule has 5 heteroatoms. The molecule has 1 saturated heterocycles. The summed E-state index contributed by atoms with van der Waals surface area (Å²) in [5.41, 5.74) is 1.68. The van der Waals surface area contributed by atoms with Crippen LogP contribution >= 0.6 is 11.6 Å². The van der Waals surface area contributed by atoms with Crippen molar-refractivity contribution in [3.8, 4) is 5.75 Å². The van der Waals surface area contributed by atoms with Crippen molar-refractivity contribution in [2.45, 2.75) is 19.8 Å². The molecule has 1 aromatic carbocycles. The molecule has 2 aliphatic rings. The maximum absolute atomic E-state index is 12.4. The van der Waals surface area contributed by atoms with Crippen LogP contribution in [-0.2, 0) is 4.79 Å². The van der Waals surface area contributed by atoms with Gasteiger partial charge in [0.15, 0.2) is 0 Å². The van der Waals surface area contributed by atoms with Crippen LogP contribution in [0.4, 0.5) is 0 Å². The number of nitrogens with one attached hydrogen (secondary N) is 2. The van der Waals surface area contributed by atoms with E-state index in [0.29, 0.717) is 23.7 Å². The van der Waals surface area contributed by atoms with Crippen LogP contribution in [0.1, 0.15) is 25.3 Å². The third-order valence-corrected chi connectivity index (χ3v) is 4.70. The summed E-state index contributed by atoms with van der Waals surface area (Å²) < 4.78 is 5.63. The van der Waals surface area contributed by atoms with Gasteiger partial charge < -0.3 is 15.4 Å². The summed E-state index contributed by atoms with van der Waals surface area (Å²) in [6.07, 6.45) is 4.04. The number of piperidine rings is 1. The highest BCUT2D eigenvalue weighted by Crippen LogP contribution is 2.30. The van der Waals surface area contributed by atoms with E-state index in [-0.39, 0.29) is 11.3 Å². The van der Waals surface area contributed by atoms with Crippen molar-refractivity contribution in [1.29, 1.82) is 0 Å². The van der Waals surface area contributed by atoms with Crippen molar-refractivity contribution in [3.05, 3.63) is 34.4 Å². The zero-order chi connectivity index (χ0) is 15.6. The number of benzene rings is 1. The summed E-state index contributed by atoms with van der Waals surface area (Å²) in [7, 11) is 0. The van der Waals surface area contributed by atoms with Crippen molar-refractivity contribution in [1.82, 2.24) is 10.6 Å². The number of carbonyl (C=O) groups is 1. The number of amides is 1. The van der Waals surface area contributed by atoms with Crippen molar-refractivity contribution >= 4 is 23.6 Å². The molecule has 0 bridgehead atoms. The summed E-state index contributed by atoms with van der Waals surface area (Å²) in [5.74, 6) is 0.719. The van der Waals surface area contributed by atoms with Gasteiger partial charge in [-0.3, -0.25) is 4.79 Å². The normalized spacial score (nSPS) is 19.6. The van der Waals surface area contributed by atoms with Crippen molar-refractivity contribution in [3.63, 3.8) is 0 Å². The molecular weight excluding hydrogens is 300 g/mol. The second-order valence-electron chi connectivity index (χ2n) is 6.38. The van der Waals surface area contributed by atoms with Crippen LogP contribution in [0, 0.1) is 5.41 Å². The predicted molar refractivity (Wildman–Crippen MR) is 88.1 cm³/mol. The Morgan fingerprint density at radius 3 is 2.95 bits per heavy atom. The zero-order valence-corrected chi connectivity index (χ0v) is 13.5. The van der Waals surface area contributed by atoms with Crippen LogP contribution in [-0.4, -0.2) is 32.1 Å². The maximum Gasteiger partial charge on any atom is 0.250 e. The van der Waals surface area contributed by atoms with Gasteiger partial charge in [0.25, 0.3) is 5.91 Å². The van der Waals surface area contributed by atoms with E-state index in [1.165, 1.54) is 0 Å². The summed E-state index contributed by atoms with van der Waals surface area (Å²) in [5, 5.41) is 7.05. The van der Waals surface area contributed by atoms with Crippen LogP contribution in [0.25, 0.3) is 6.08 Å². The minimum Gasteiger partial charge on any atom is -0.488 e. The largest absolute Gasteiger partial charge is 0.488 e. The molecule has 3 rings (SSSR count). The van der Waals surface area contributed by atoms with E-state index in [1.54, 1.807) is 6.07 Å². The SMILES string of the molecule is CC1(CNC(=O)C2=Cc3cc(Cl)ccc3OC2)CCNCC1. The Kier molecular flexibility index (Phi) is 4.41. The topological polar surface area (TPSA) is 50.4 Å². The third-order valence-electron chi connectivity index (χ3n) is 4.46. The summed E-state index contributed by atoms with van der Waals surface area (Å²) in [6.45, 7) is 5.27. The number of hydrogen-bond donors (Lipinski definition) is 2. The summed E-state index contributed by atoms with van der Waals surface area (Å²) in [6, 6.07) is 5.44. The minimum atomic E-state index is -0.0506. The lowest BCUT2D eigenvalue weighted by Gasteiger charge is -2.34. The number of fused-ring (bicyclic) bond motifs is 1. The van der Waals surface area contributed by atoms with Gasteiger partial charge in [0.1, 0.15) is 12.4 Å². The first kappa shape index (κ1) is 15.4. The molecule has 0 spiro atoms. The molecule has 0 saturated carbocycles. The smallest absolute Gasteiger partial charge is 0.250 e. The monoisotopic (exact) mass is 320 g/mol. The van der Waals surface area contributed by atoms with Gasteiger partial charge in [-0.2, -0.15) is 0 Å². The highest BCUT2D eigenvalue weighted by Gasteiger charge is 2.28. The molecule has 1 aromatic rings. The lowest BCUT2D eigenvalue weighted by molar-refractivity contribution is -0.118. The summed E-state index contributed by atoms with van der Waals surface area (Å²) in [4.78, 5) is 12.4. The maximum atomic E-state index is 12.4. The van der Waals surface area contributed by atoms with Crippen molar-refractivity contribution in [2.24, 2.45) is 5.41 Å². The minimum absolute atomic E-state index is 0.0506. The first-order valence-corrected chi connectivity index (χ1v) is 8.05. The van der Waals surface area contributed by atoms with Gasteiger partial charge in [0.05, 0.1) is 5.57 Å². The standard InChI is InChI=1S/C17H21ClN2O2/c1-17(4-6-19-7-5-17)11-20-16(21)13-8-12-9-14(18)2-3-15(12)22-10-13/h2-3,8-9,19H,4-7,10-11H2,1H3,(H,20,21). The fourth-order valence-corrected chi connectivity index (χ4v) is 3.07. The Morgan fingerprint density at radius 1 is 1.41 bits per heavy atom. The number of carbonyl (C=O) groups excluding carboxylic acids is 1. The first-order valence-electron chi connectivity index (χ1n) is 7.68. The summed E-state index contributed by atoms with van der Waals surface area (Å²) >= 11 is 5.99. The molecule has 118 valence electrons. The lowest BCUT2D eigenvalue weighted by Crippen LogP contribution is -2.43. The van der Waals surface area contributed by atoms with Crippen LogP contribution in [0.15, 0.2) is 23.8 Å². The highest BCUT2D eigenvalue weighted by molar-refractivity contribution is 6.30. The van der Waals surface area contributed by atoms with Gasteiger partial charge >= 0.3 is 0 Å². The quantitative estimate of drug-likeness (QED) is 0.900. The Balaban J connectivity index is 1.65. The number of halogens is 1. The van der Waals surface area contributed by atoms with Crippen LogP contribution in [0.5, 0.6) is 5.75 Å². The van der Waals surface area contributed by atoms with E-state index >= 15 is 0 Å². The molecule has 0 aliphatic carbocycles. The number of ether oxygens (including phenoxy) is 1. The van der Waals surface area contributed by atoms with E-state index in [4.69, 9.17) is 16.3 Å². The molecule has 22 heavy (non-hydrogen) atoms. The molecule has 2 N–H and O–H groups in total. The van der Waals surface area contributed by atoms with Gasteiger partial charge in [0, 0.05) is 17.1 Å². The fourth-order valence-electron chi connectivity index (χ4n) is 2.89. The molecule has 0 atom stereocenters. The van der Waals surface area contributed by atoms with Gasteiger partial charge in [0.2, 0.25) is 0 Å². The molecule has 0 unspecified atom stereocenters. The van der Waals surface area contributed by atoms with Gasteiger partial charge in [-0.25, -0.2) is 0 Å². The van der Waals surface area contributed by atoms with E-state index in [2.05, 4.69) is 17.6 Å². The average molecular weight is 321 g/mol. The molecule has 4 nitrogen and oxygen atoms in total. The second kappa shape index (κ2) is 6.31. The molecular formula is C17H21ClN2O2. The van der Waals surface area contributed by atoms with E-state index in [0.717, 1.165) is 37.2 Å². The van der Waals surface area contributed by atoms with Crippen molar-refractivity contribution in [2.75, 3.05) is 26.2 Å². The molecule has 0 radical (unpaired) electrons. The number of hydrogen-bond acceptors (Lipinski definition) is 3. The predicted octanol–water partition coefficient (Wildman–Crippen LogP) is 2.62. The average Bonchev–Trinajstić information content (AvgIpc) is 2.52. The van der Waals surface area contributed by atoms with E-state index < -0.39 is 0 Å². The highest BCUT2D eigenvalue weighted by atomic mass is 35.5. The van der Waals surface area contributed by atoms with Crippen molar-refractivity contribution < 1.29 is 9.53 Å². The lowest BCUT2D eigenvalue weighted by atomic mass is 9.81. The molecule has 1 amide bonds. The first-order chi connectivity index (χ1) is 10.6. The zero-order valence-electron chi connectivity index (χ0n) is 12.7. The van der Waals surface area contributed by atoms with Gasteiger partial charge in [-0.05, 0) is 55.6 Å². The number of rotatable bonds is 3. The molecule has 1 fully saturated rings. The third kappa shape index (κ3) is 3.45. The van der Waals surface area contributed by atoms with E-state index in [9.17, 15) is 4.79 Å². The Hall–Kier alpha value is -1.52. The molecule has 2 aliphatic heterocycles. The Bertz CT molecular complexity index is 607. The van der Waals surface area contributed by atoms with Crippen LogP contribution in [0.3, 0.4) is 0 Å². The fraction of sp³-hybridized carbons (Fsp3) is 0.471. The molecule has 2 heterocycles.